The molecule has 1 amide bonds. The molecule has 7 heteroatoms. The summed E-state index contributed by atoms with van der Waals surface area (Å²) in [4.78, 5) is 12.0. The lowest BCUT2D eigenvalue weighted by Crippen LogP contribution is -2.13. The molecule has 0 bridgehead atoms. The summed E-state index contributed by atoms with van der Waals surface area (Å²) < 4.78 is 13.4. The highest BCUT2D eigenvalue weighted by atomic mass is 35.5. The van der Waals surface area contributed by atoms with Crippen LogP contribution in [0.15, 0.2) is 18.2 Å². The highest BCUT2D eigenvalue weighted by molar-refractivity contribution is 6.37. The number of halogens is 3. The zero-order valence-electron chi connectivity index (χ0n) is 10.6. The lowest BCUT2D eigenvalue weighted by molar-refractivity contribution is 0.102. The van der Waals surface area contributed by atoms with Crippen molar-refractivity contribution in [2.45, 2.75) is 19.8 Å². The number of hydrogen-bond donors (Lipinski definition) is 2. The molecule has 0 saturated carbocycles. The van der Waals surface area contributed by atoms with Crippen molar-refractivity contribution in [3.8, 4) is 0 Å². The molecule has 2 rings (SSSR count). The fourth-order valence-electron chi connectivity index (χ4n) is 1.70. The number of carbonyl (C=O) groups is 1. The molecule has 0 saturated heterocycles. The number of nitrogens with one attached hydrogen (secondary N) is 2. The van der Waals surface area contributed by atoms with E-state index in [0.29, 0.717) is 5.82 Å². The van der Waals surface area contributed by atoms with Gasteiger partial charge in [-0.2, -0.15) is 5.10 Å². The molecule has 2 N–H and O–H groups in total. The predicted molar refractivity (Wildman–Crippen MR) is 77.0 cm³/mol. The molecule has 0 aliphatic heterocycles. The Morgan fingerprint density at radius 2 is 2.10 bits per heavy atom. The number of aryl methyl sites for hydroxylation is 1. The van der Waals surface area contributed by atoms with Crippen LogP contribution >= 0.6 is 23.2 Å². The second kappa shape index (κ2) is 6.24. The molecular formula is C13H12Cl2FN3O. The lowest BCUT2D eigenvalue weighted by Gasteiger charge is -2.05. The SMILES string of the molecule is CCCc1cc(NC(=O)c2cc(F)c(Cl)cc2Cl)n[nH]1. The van der Waals surface area contributed by atoms with E-state index < -0.39 is 11.7 Å². The monoisotopic (exact) mass is 315 g/mol. The van der Waals surface area contributed by atoms with Crippen molar-refractivity contribution in [1.29, 1.82) is 0 Å². The zero-order valence-corrected chi connectivity index (χ0v) is 12.1. The van der Waals surface area contributed by atoms with Crippen LogP contribution in [0.5, 0.6) is 0 Å². The van der Waals surface area contributed by atoms with Gasteiger partial charge >= 0.3 is 0 Å². The number of aromatic amines is 1. The number of benzene rings is 1. The van der Waals surface area contributed by atoms with Crippen LogP contribution in [-0.4, -0.2) is 16.1 Å². The van der Waals surface area contributed by atoms with Crippen molar-refractivity contribution in [3.05, 3.63) is 45.3 Å². The molecule has 0 spiro atoms. The number of hydrogen-bond acceptors (Lipinski definition) is 2. The summed E-state index contributed by atoms with van der Waals surface area (Å²) in [5.41, 5.74) is 0.921. The first-order valence-corrected chi connectivity index (χ1v) is 6.77. The van der Waals surface area contributed by atoms with Gasteiger partial charge in [0.25, 0.3) is 5.91 Å². The van der Waals surface area contributed by atoms with Gasteiger partial charge in [0.2, 0.25) is 0 Å². The molecule has 0 aliphatic carbocycles. The second-order valence-electron chi connectivity index (χ2n) is 4.23. The maximum atomic E-state index is 13.4. The summed E-state index contributed by atoms with van der Waals surface area (Å²) in [6, 6.07) is 3.92. The number of H-pyrrole nitrogens is 1. The summed E-state index contributed by atoms with van der Waals surface area (Å²) in [6.45, 7) is 2.04. The lowest BCUT2D eigenvalue weighted by atomic mass is 10.2. The number of carbonyl (C=O) groups excluding carboxylic acids is 1. The zero-order chi connectivity index (χ0) is 14.7. The van der Waals surface area contributed by atoms with Gasteiger partial charge in [0, 0.05) is 11.8 Å². The van der Waals surface area contributed by atoms with Crippen LogP contribution in [0, 0.1) is 5.82 Å². The first kappa shape index (κ1) is 14.8. The molecule has 0 unspecified atom stereocenters. The van der Waals surface area contributed by atoms with Crippen LogP contribution in [0.3, 0.4) is 0 Å². The first-order chi connectivity index (χ1) is 9.51. The minimum absolute atomic E-state index is 0.00797. The first-order valence-electron chi connectivity index (χ1n) is 6.01. The van der Waals surface area contributed by atoms with Gasteiger partial charge in [0.15, 0.2) is 5.82 Å². The second-order valence-corrected chi connectivity index (χ2v) is 5.04. The molecule has 1 heterocycles. The fraction of sp³-hybridized carbons (Fsp3) is 0.231. The summed E-state index contributed by atoms with van der Waals surface area (Å²) in [5, 5.41) is 9.26. The molecule has 106 valence electrons. The molecule has 0 aliphatic rings. The van der Waals surface area contributed by atoms with E-state index in [1.54, 1.807) is 6.07 Å². The van der Waals surface area contributed by atoms with Crippen LogP contribution in [0.4, 0.5) is 10.2 Å². The largest absolute Gasteiger partial charge is 0.305 e. The average Bonchev–Trinajstić information content (AvgIpc) is 2.81. The van der Waals surface area contributed by atoms with Crippen molar-refractivity contribution in [1.82, 2.24) is 10.2 Å². The van der Waals surface area contributed by atoms with E-state index in [9.17, 15) is 9.18 Å². The van der Waals surface area contributed by atoms with Gasteiger partial charge in [-0.15, -0.1) is 0 Å². The maximum Gasteiger partial charge on any atom is 0.258 e. The van der Waals surface area contributed by atoms with E-state index in [0.717, 1.165) is 24.6 Å². The van der Waals surface area contributed by atoms with Crippen molar-refractivity contribution in [2.24, 2.45) is 0 Å². The highest BCUT2D eigenvalue weighted by Gasteiger charge is 2.15. The van der Waals surface area contributed by atoms with Gasteiger partial charge in [-0.05, 0) is 18.6 Å². The van der Waals surface area contributed by atoms with Gasteiger partial charge < -0.3 is 5.32 Å². The van der Waals surface area contributed by atoms with E-state index in [-0.39, 0.29) is 15.6 Å². The van der Waals surface area contributed by atoms with E-state index in [1.807, 2.05) is 6.92 Å². The smallest absolute Gasteiger partial charge is 0.258 e. The normalized spacial score (nSPS) is 10.6. The Morgan fingerprint density at radius 3 is 2.80 bits per heavy atom. The van der Waals surface area contributed by atoms with Crippen LogP contribution < -0.4 is 5.32 Å². The maximum absolute atomic E-state index is 13.4. The topological polar surface area (TPSA) is 57.8 Å². The molecule has 2 aromatic rings. The third kappa shape index (κ3) is 3.29. The van der Waals surface area contributed by atoms with Gasteiger partial charge in [-0.1, -0.05) is 36.5 Å². The summed E-state index contributed by atoms with van der Waals surface area (Å²) >= 11 is 11.5. The molecule has 0 atom stereocenters. The molecule has 4 nitrogen and oxygen atoms in total. The van der Waals surface area contributed by atoms with Gasteiger partial charge in [0.1, 0.15) is 5.82 Å². The van der Waals surface area contributed by atoms with Crippen molar-refractivity contribution in [2.75, 3.05) is 5.32 Å². The highest BCUT2D eigenvalue weighted by Crippen LogP contribution is 2.25. The van der Waals surface area contributed by atoms with Crippen LogP contribution in [0.1, 0.15) is 29.4 Å². The Balaban J connectivity index is 2.17. The molecule has 1 aromatic carbocycles. The van der Waals surface area contributed by atoms with Crippen molar-refractivity contribution < 1.29 is 9.18 Å². The molecule has 0 fully saturated rings. The summed E-state index contributed by atoms with van der Waals surface area (Å²) in [5.74, 6) is -0.875. The molecule has 20 heavy (non-hydrogen) atoms. The third-order valence-electron chi connectivity index (χ3n) is 2.65. The summed E-state index contributed by atoms with van der Waals surface area (Å²) in [7, 11) is 0. The standard InChI is InChI=1S/C13H12Cl2FN3O/c1-2-3-7-4-12(19-18-7)17-13(20)8-5-11(16)10(15)6-9(8)14/h4-6H,2-3H2,1H3,(H2,17,18,19,20). The Hall–Kier alpha value is -1.59. The van der Waals surface area contributed by atoms with Gasteiger partial charge in [0.05, 0.1) is 15.6 Å². The van der Waals surface area contributed by atoms with Crippen molar-refractivity contribution in [3.63, 3.8) is 0 Å². The van der Waals surface area contributed by atoms with Gasteiger partial charge in [-0.25, -0.2) is 4.39 Å². The summed E-state index contributed by atoms with van der Waals surface area (Å²) in [6.07, 6.45) is 1.79. The number of amides is 1. The Morgan fingerprint density at radius 1 is 1.35 bits per heavy atom. The Bertz CT molecular complexity index is 643. The number of anilines is 1. The van der Waals surface area contributed by atoms with E-state index in [4.69, 9.17) is 23.2 Å². The van der Waals surface area contributed by atoms with E-state index >= 15 is 0 Å². The fourth-order valence-corrected chi connectivity index (χ4v) is 2.17. The molecule has 0 radical (unpaired) electrons. The molecule has 1 aromatic heterocycles. The van der Waals surface area contributed by atoms with Crippen LogP contribution in [-0.2, 0) is 6.42 Å². The Labute approximate surface area is 125 Å². The quantitative estimate of drug-likeness (QED) is 0.836. The van der Waals surface area contributed by atoms with Crippen LogP contribution in [0.2, 0.25) is 10.0 Å². The average molecular weight is 316 g/mol. The number of aromatic nitrogens is 2. The van der Waals surface area contributed by atoms with E-state index in [2.05, 4.69) is 15.5 Å². The van der Waals surface area contributed by atoms with Crippen LogP contribution in [0.25, 0.3) is 0 Å². The number of nitrogens with zero attached hydrogens (tertiary/aromatic N) is 1. The predicted octanol–water partition coefficient (Wildman–Crippen LogP) is 4.06. The minimum Gasteiger partial charge on any atom is -0.305 e. The third-order valence-corrected chi connectivity index (χ3v) is 3.25. The number of rotatable bonds is 4. The minimum atomic E-state index is -0.699. The van der Waals surface area contributed by atoms with E-state index in [1.165, 1.54) is 6.07 Å². The Kier molecular flexibility index (Phi) is 4.62. The van der Waals surface area contributed by atoms with Gasteiger partial charge in [-0.3, -0.25) is 9.89 Å². The van der Waals surface area contributed by atoms with Crippen molar-refractivity contribution >= 4 is 34.9 Å². The molecular weight excluding hydrogens is 304 g/mol.